The molecule has 2 N–H and O–H groups in total. The number of benzene rings is 1. The van der Waals surface area contributed by atoms with Gasteiger partial charge in [0.15, 0.2) is 0 Å². The van der Waals surface area contributed by atoms with Gasteiger partial charge in [-0.1, -0.05) is 13.8 Å². The number of nitrogens with zero attached hydrogens (tertiary/aromatic N) is 2. The molecule has 1 aliphatic heterocycles. The van der Waals surface area contributed by atoms with Crippen LogP contribution in [0.1, 0.15) is 29.8 Å². The number of aromatic nitrogens is 1. The maximum atomic E-state index is 12.3. The zero-order chi connectivity index (χ0) is 16.6. The predicted molar refractivity (Wildman–Crippen MR) is 86.8 cm³/mol. The van der Waals surface area contributed by atoms with Crippen LogP contribution in [0, 0.1) is 10.1 Å². The fourth-order valence-corrected chi connectivity index (χ4v) is 2.65. The highest BCUT2D eigenvalue weighted by Gasteiger charge is 2.33. The Balaban J connectivity index is 2.01. The number of pyridine rings is 1. The molecule has 1 aromatic heterocycles. The minimum absolute atomic E-state index is 0.128. The lowest BCUT2D eigenvalue weighted by atomic mass is 9.86. The zero-order valence-corrected chi connectivity index (χ0v) is 12.8. The highest BCUT2D eigenvalue weighted by Crippen LogP contribution is 2.41. The van der Waals surface area contributed by atoms with Gasteiger partial charge in [-0.15, -0.1) is 0 Å². The predicted octanol–water partition coefficient (Wildman–Crippen LogP) is 2.95. The van der Waals surface area contributed by atoms with E-state index in [2.05, 4.69) is 15.6 Å². The van der Waals surface area contributed by atoms with Gasteiger partial charge in [0.2, 0.25) is 0 Å². The van der Waals surface area contributed by atoms with Crippen LogP contribution in [-0.4, -0.2) is 22.4 Å². The van der Waals surface area contributed by atoms with Crippen LogP contribution < -0.4 is 10.6 Å². The van der Waals surface area contributed by atoms with Gasteiger partial charge in [-0.3, -0.25) is 19.9 Å². The summed E-state index contributed by atoms with van der Waals surface area (Å²) in [7, 11) is 0. The summed E-state index contributed by atoms with van der Waals surface area (Å²) in [4.78, 5) is 27.0. The second-order valence-corrected chi connectivity index (χ2v) is 6.10. The number of amides is 1. The molecule has 3 rings (SSSR count). The summed E-state index contributed by atoms with van der Waals surface area (Å²) in [5, 5.41) is 17.1. The number of carbonyl (C=O) groups excluding carboxylic acids is 1. The lowest BCUT2D eigenvalue weighted by Gasteiger charge is -2.18. The minimum Gasteiger partial charge on any atom is -0.384 e. The summed E-state index contributed by atoms with van der Waals surface area (Å²) in [6.45, 7) is 4.79. The van der Waals surface area contributed by atoms with E-state index in [0.717, 1.165) is 11.3 Å². The smallest absolute Gasteiger partial charge is 0.294 e. The van der Waals surface area contributed by atoms with E-state index < -0.39 is 10.8 Å². The minimum atomic E-state index is -0.491. The standard InChI is InChI=1S/C16H16N4O3/c1-16(2)9-18-12-8-14(20(22)23)13(7-11(12)16)19-15(21)10-3-5-17-6-4-10/h3-8,18H,9H2,1-2H3,(H,19,21). The summed E-state index contributed by atoms with van der Waals surface area (Å²) in [5.74, 6) is -0.404. The molecule has 0 atom stereocenters. The van der Waals surface area contributed by atoms with Crippen molar-refractivity contribution in [1.29, 1.82) is 0 Å². The molecular formula is C16H16N4O3. The molecule has 23 heavy (non-hydrogen) atoms. The number of hydrogen-bond acceptors (Lipinski definition) is 5. The second-order valence-electron chi connectivity index (χ2n) is 6.10. The van der Waals surface area contributed by atoms with Gasteiger partial charge in [0.1, 0.15) is 5.69 Å². The maximum Gasteiger partial charge on any atom is 0.294 e. The molecule has 7 heteroatoms. The Labute approximate surface area is 132 Å². The Hall–Kier alpha value is -2.96. The average molecular weight is 312 g/mol. The van der Waals surface area contributed by atoms with Crippen molar-refractivity contribution in [3.8, 4) is 0 Å². The summed E-state index contributed by atoms with van der Waals surface area (Å²) in [6, 6.07) is 6.28. The van der Waals surface area contributed by atoms with Crippen molar-refractivity contribution in [1.82, 2.24) is 4.98 Å². The molecule has 1 aliphatic rings. The Morgan fingerprint density at radius 1 is 1.35 bits per heavy atom. The Kier molecular flexibility index (Phi) is 3.48. The Morgan fingerprint density at radius 2 is 2.04 bits per heavy atom. The summed E-state index contributed by atoms with van der Waals surface area (Å²) in [6.07, 6.45) is 3.00. The molecule has 2 aromatic rings. The van der Waals surface area contributed by atoms with Crippen molar-refractivity contribution in [3.05, 3.63) is 57.9 Å². The van der Waals surface area contributed by atoms with E-state index in [9.17, 15) is 14.9 Å². The third-order valence-electron chi connectivity index (χ3n) is 3.97. The van der Waals surface area contributed by atoms with Crippen molar-refractivity contribution >= 4 is 23.0 Å². The van der Waals surface area contributed by atoms with Gasteiger partial charge in [-0.25, -0.2) is 0 Å². The van der Waals surface area contributed by atoms with E-state index in [4.69, 9.17) is 0 Å². The van der Waals surface area contributed by atoms with E-state index in [1.165, 1.54) is 18.5 Å². The fraction of sp³-hybridized carbons (Fsp3) is 0.250. The van der Waals surface area contributed by atoms with Crippen molar-refractivity contribution in [2.75, 3.05) is 17.2 Å². The van der Waals surface area contributed by atoms with Crippen LogP contribution in [0.4, 0.5) is 17.1 Å². The molecule has 0 aliphatic carbocycles. The van der Waals surface area contributed by atoms with E-state index in [1.807, 2.05) is 13.8 Å². The summed E-state index contributed by atoms with van der Waals surface area (Å²) < 4.78 is 0. The van der Waals surface area contributed by atoms with Crippen LogP contribution in [0.5, 0.6) is 0 Å². The van der Waals surface area contributed by atoms with Crippen LogP contribution in [0.15, 0.2) is 36.7 Å². The number of nitro benzene ring substituents is 1. The molecule has 0 saturated heterocycles. The molecule has 0 spiro atoms. The molecule has 1 aromatic carbocycles. The number of nitrogens with one attached hydrogen (secondary N) is 2. The largest absolute Gasteiger partial charge is 0.384 e. The normalized spacial score (nSPS) is 14.7. The topological polar surface area (TPSA) is 97.2 Å². The number of rotatable bonds is 3. The average Bonchev–Trinajstić information content (AvgIpc) is 2.82. The second kappa shape index (κ2) is 5.35. The van der Waals surface area contributed by atoms with Crippen molar-refractivity contribution in [2.24, 2.45) is 0 Å². The summed E-state index contributed by atoms with van der Waals surface area (Å²) in [5.41, 5.74) is 2.01. The molecular weight excluding hydrogens is 296 g/mol. The fourth-order valence-electron chi connectivity index (χ4n) is 2.65. The molecule has 1 amide bonds. The molecule has 0 radical (unpaired) electrons. The molecule has 2 heterocycles. The van der Waals surface area contributed by atoms with Crippen LogP contribution in [0.25, 0.3) is 0 Å². The molecule has 118 valence electrons. The van der Waals surface area contributed by atoms with Crippen LogP contribution in [-0.2, 0) is 5.41 Å². The third kappa shape index (κ3) is 2.73. The zero-order valence-electron chi connectivity index (χ0n) is 12.8. The monoisotopic (exact) mass is 312 g/mol. The number of nitro groups is 1. The van der Waals surface area contributed by atoms with Gasteiger partial charge in [0.25, 0.3) is 11.6 Å². The molecule has 0 saturated carbocycles. The van der Waals surface area contributed by atoms with E-state index in [-0.39, 0.29) is 16.8 Å². The number of anilines is 2. The van der Waals surface area contributed by atoms with Crippen molar-refractivity contribution in [2.45, 2.75) is 19.3 Å². The summed E-state index contributed by atoms with van der Waals surface area (Å²) >= 11 is 0. The molecule has 0 bridgehead atoms. The van der Waals surface area contributed by atoms with Gasteiger partial charge in [-0.2, -0.15) is 0 Å². The van der Waals surface area contributed by atoms with Crippen molar-refractivity contribution in [3.63, 3.8) is 0 Å². The first-order valence-corrected chi connectivity index (χ1v) is 7.17. The third-order valence-corrected chi connectivity index (χ3v) is 3.97. The van der Waals surface area contributed by atoms with Gasteiger partial charge in [0, 0.05) is 41.7 Å². The number of hydrogen-bond donors (Lipinski definition) is 2. The van der Waals surface area contributed by atoms with Gasteiger partial charge in [-0.05, 0) is 23.8 Å². The first-order valence-electron chi connectivity index (χ1n) is 7.17. The molecule has 7 nitrogen and oxygen atoms in total. The lowest BCUT2D eigenvalue weighted by Crippen LogP contribution is -2.19. The van der Waals surface area contributed by atoms with Gasteiger partial charge < -0.3 is 10.6 Å². The highest BCUT2D eigenvalue weighted by atomic mass is 16.6. The number of fused-ring (bicyclic) bond motifs is 1. The highest BCUT2D eigenvalue weighted by molar-refractivity contribution is 6.05. The Bertz CT molecular complexity index is 787. The lowest BCUT2D eigenvalue weighted by molar-refractivity contribution is -0.383. The van der Waals surface area contributed by atoms with E-state index in [1.54, 1.807) is 18.2 Å². The van der Waals surface area contributed by atoms with Crippen LogP contribution >= 0.6 is 0 Å². The first kappa shape index (κ1) is 15.0. The van der Waals surface area contributed by atoms with E-state index >= 15 is 0 Å². The maximum absolute atomic E-state index is 12.3. The van der Waals surface area contributed by atoms with E-state index in [0.29, 0.717) is 12.1 Å². The van der Waals surface area contributed by atoms with Gasteiger partial charge >= 0.3 is 0 Å². The Morgan fingerprint density at radius 3 is 2.70 bits per heavy atom. The van der Waals surface area contributed by atoms with Gasteiger partial charge in [0.05, 0.1) is 4.92 Å². The first-order chi connectivity index (χ1) is 10.9. The van der Waals surface area contributed by atoms with Crippen LogP contribution in [0.2, 0.25) is 0 Å². The quantitative estimate of drug-likeness (QED) is 0.671. The molecule has 0 unspecified atom stereocenters. The SMILES string of the molecule is CC1(C)CNc2cc([N+](=O)[O-])c(NC(=O)c3ccncc3)cc21. The molecule has 0 fully saturated rings. The van der Waals surface area contributed by atoms with Crippen LogP contribution in [0.3, 0.4) is 0 Å². The van der Waals surface area contributed by atoms with Crippen molar-refractivity contribution < 1.29 is 9.72 Å². The number of carbonyl (C=O) groups is 1.